The zero-order valence-electron chi connectivity index (χ0n) is 11.5. The fraction of sp³-hybridized carbons (Fsp3) is 0.571. The van der Waals surface area contributed by atoms with E-state index in [2.05, 4.69) is 17.6 Å². The van der Waals surface area contributed by atoms with E-state index in [1.165, 1.54) is 12.8 Å². The van der Waals surface area contributed by atoms with Crippen LogP contribution in [0.15, 0.2) is 18.2 Å². The number of hydrogen-bond acceptors (Lipinski definition) is 4. The van der Waals surface area contributed by atoms with E-state index in [0.717, 1.165) is 18.7 Å². The van der Waals surface area contributed by atoms with Crippen LogP contribution in [0.3, 0.4) is 0 Å². The van der Waals surface area contributed by atoms with E-state index >= 15 is 0 Å². The Morgan fingerprint density at radius 3 is 2.95 bits per heavy atom. The first-order valence-corrected chi connectivity index (χ1v) is 6.80. The van der Waals surface area contributed by atoms with Crippen molar-refractivity contribution in [3.05, 3.63) is 33.9 Å². The molecule has 1 aliphatic rings. The highest BCUT2D eigenvalue weighted by molar-refractivity contribution is 5.63. The summed E-state index contributed by atoms with van der Waals surface area (Å²) in [5.41, 5.74) is 1.81. The van der Waals surface area contributed by atoms with Crippen LogP contribution in [0.1, 0.15) is 25.3 Å². The van der Waals surface area contributed by atoms with Gasteiger partial charge in [-0.2, -0.15) is 0 Å². The molecule has 0 bridgehead atoms. The average molecular weight is 263 g/mol. The van der Waals surface area contributed by atoms with Crippen LogP contribution in [0.4, 0.5) is 11.4 Å². The Morgan fingerprint density at radius 2 is 2.32 bits per heavy atom. The van der Waals surface area contributed by atoms with Gasteiger partial charge in [-0.15, -0.1) is 0 Å². The molecule has 104 valence electrons. The van der Waals surface area contributed by atoms with Gasteiger partial charge in [0.25, 0.3) is 5.69 Å². The third-order valence-electron chi connectivity index (χ3n) is 3.77. The zero-order chi connectivity index (χ0) is 13.8. The van der Waals surface area contributed by atoms with E-state index in [1.807, 2.05) is 13.0 Å². The monoisotopic (exact) mass is 263 g/mol. The van der Waals surface area contributed by atoms with E-state index in [-0.39, 0.29) is 16.7 Å². The van der Waals surface area contributed by atoms with Crippen molar-refractivity contribution >= 4 is 11.4 Å². The van der Waals surface area contributed by atoms with Gasteiger partial charge in [0.1, 0.15) is 5.69 Å². The van der Waals surface area contributed by atoms with E-state index in [1.54, 1.807) is 12.1 Å². The van der Waals surface area contributed by atoms with Crippen LogP contribution in [0.5, 0.6) is 0 Å². The number of nitrogens with one attached hydrogen (secondary N) is 2. The number of nitro benzene ring substituents is 1. The molecule has 1 aliphatic heterocycles. The number of rotatable bonds is 4. The molecule has 0 spiro atoms. The van der Waals surface area contributed by atoms with Crippen LogP contribution in [-0.2, 0) is 0 Å². The number of benzene rings is 1. The molecule has 2 atom stereocenters. The minimum Gasteiger partial charge on any atom is -0.377 e. The Bertz CT molecular complexity index is 456. The summed E-state index contributed by atoms with van der Waals surface area (Å²) in [5, 5.41) is 17.7. The molecule has 0 saturated carbocycles. The maximum Gasteiger partial charge on any atom is 0.292 e. The van der Waals surface area contributed by atoms with Gasteiger partial charge in [-0.1, -0.05) is 6.07 Å². The first-order chi connectivity index (χ1) is 9.08. The molecule has 1 heterocycles. The second kappa shape index (κ2) is 6.02. The van der Waals surface area contributed by atoms with Gasteiger partial charge in [0.15, 0.2) is 0 Å². The minimum absolute atomic E-state index is 0.154. The van der Waals surface area contributed by atoms with Gasteiger partial charge in [-0.25, -0.2) is 0 Å². The second-order valence-corrected chi connectivity index (χ2v) is 5.32. The van der Waals surface area contributed by atoms with Gasteiger partial charge < -0.3 is 10.6 Å². The highest BCUT2D eigenvalue weighted by Gasteiger charge is 2.22. The van der Waals surface area contributed by atoms with Crippen molar-refractivity contribution < 1.29 is 4.92 Å². The molecule has 5 heteroatoms. The first-order valence-electron chi connectivity index (χ1n) is 6.80. The van der Waals surface area contributed by atoms with E-state index in [9.17, 15) is 10.1 Å². The van der Waals surface area contributed by atoms with Crippen LogP contribution in [-0.4, -0.2) is 24.1 Å². The van der Waals surface area contributed by atoms with Crippen molar-refractivity contribution in [2.45, 2.75) is 32.7 Å². The molecule has 1 fully saturated rings. The molecule has 19 heavy (non-hydrogen) atoms. The van der Waals surface area contributed by atoms with Crippen molar-refractivity contribution in [1.82, 2.24) is 5.32 Å². The Hall–Kier alpha value is -1.62. The number of anilines is 1. The van der Waals surface area contributed by atoms with Crippen LogP contribution in [0.2, 0.25) is 0 Å². The molecule has 5 nitrogen and oxygen atoms in total. The summed E-state index contributed by atoms with van der Waals surface area (Å²) in [7, 11) is 0. The fourth-order valence-electron chi connectivity index (χ4n) is 2.59. The number of nitrogens with zero attached hydrogens (tertiary/aromatic N) is 1. The SMILES string of the molecule is Cc1ccc([N+](=O)[O-])c(NC(C)C2CCCNC2)c1. The Labute approximate surface area is 113 Å². The molecule has 2 unspecified atom stereocenters. The summed E-state index contributed by atoms with van der Waals surface area (Å²) in [6.45, 7) is 6.10. The van der Waals surface area contributed by atoms with Gasteiger partial charge >= 0.3 is 0 Å². The molecular formula is C14H21N3O2. The van der Waals surface area contributed by atoms with E-state index < -0.39 is 0 Å². The van der Waals surface area contributed by atoms with Crippen molar-refractivity contribution in [2.24, 2.45) is 5.92 Å². The summed E-state index contributed by atoms with van der Waals surface area (Å²) in [5.74, 6) is 0.522. The standard InChI is InChI=1S/C14H21N3O2/c1-10-5-6-14(17(18)19)13(8-10)16-11(2)12-4-3-7-15-9-12/h5-6,8,11-12,15-16H,3-4,7,9H2,1-2H3. The van der Waals surface area contributed by atoms with Gasteiger partial charge in [0.05, 0.1) is 4.92 Å². The molecular weight excluding hydrogens is 242 g/mol. The molecule has 0 aromatic heterocycles. The van der Waals surface area contributed by atoms with Crippen molar-refractivity contribution in [3.63, 3.8) is 0 Å². The predicted octanol–water partition coefficient (Wildman–Crippen LogP) is 2.70. The van der Waals surface area contributed by atoms with Gasteiger partial charge in [-0.3, -0.25) is 10.1 Å². The molecule has 1 saturated heterocycles. The molecule has 1 aromatic rings. The van der Waals surface area contributed by atoms with Crippen LogP contribution >= 0.6 is 0 Å². The van der Waals surface area contributed by atoms with Gasteiger partial charge in [0.2, 0.25) is 0 Å². The number of hydrogen-bond donors (Lipinski definition) is 2. The number of aryl methyl sites for hydroxylation is 1. The lowest BCUT2D eigenvalue weighted by atomic mass is 9.92. The Morgan fingerprint density at radius 1 is 1.53 bits per heavy atom. The molecule has 2 N–H and O–H groups in total. The number of nitro groups is 1. The minimum atomic E-state index is -0.326. The lowest BCUT2D eigenvalue weighted by Gasteiger charge is -2.29. The molecule has 0 aliphatic carbocycles. The third-order valence-corrected chi connectivity index (χ3v) is 3.77. The summed E-state index contributed by atoms with van der Waals surface area (Å²) < 4.78 is 0. The normalized spacial score (nSPS) is 20.8. The average Bonchev–Trinajstić information content (AvgIpc) is 2.39. The van der Waals surface area contributed by atoms with Crippen molar-refractivity contribution in [1.29, 1.82) is 0 Å². The van der Waals surface area contributed by atoms with E-state index in [4.69, 9.17) is 0 Å². The summed E-state index contributed by atoms with van der Waals surface area (Å²) >= 11 is 0. The highest BCUT2D eigenvalue weighted by atomic mass is 16.6. The van der Waals surface area contributed by atoms with Crippen LogP contribution < -0.4 is 10.6 Å². The van der Waals surface area contributed by atoms with E-state index in [0.29, 0.717) is 11.6 Å². The fourth-order valence-corrected chi connectivity index (χ4v) is 2.59. The highest BCUT2D eigenvalue weighted by Crippen LogP contribution is 2.28. The Balaban J connectivity index is 2.12. The molecule has 0 amide bonds. The molecule has 1 aromatic carbocycles. The van der Waals surface area contributed by atoms with Crippen LogP contribution in [0.25, 0.3) is 0 Å². The Kier molecular flexibility index (Phi) is 4.37. The summed E-state index contributed by atoms with van der Waals surface area (Å²) in [4.78, 5) is 10.7. The van der Waals surface area contributed by atoms with Crippen molar-refractivity contribution in [2.75, 3.05) is 18.4 Å². The largest absolute Gasteiger partial charge is 0.377 e. The van der Waals surface area contributed by atoms with Gasteiger partial charge in [0, 0.05) is 12.1 Å². The smallest absolute Gasteiger partial charge is 0.292 e. The molecule has 0 radical (unpaired) electrons. The third kappa shape index (κ3) is 3.44. The topological polar surface area (TPSA) is 67.2 Å². The molecule has 2 rings (SSSR count). The summed E-state index contributed by atoms with van der Waals surface area (Å²) in [6, 6.07) is 5.43. The maximum absolute atomic E-state index is 11.0. The maximum atomic E-state index is 11.0. The van der Waals surface area contributed by atoms with Crippen molar-refractivity contribution in [3.8, 4) is 0 Å². The second-order valence-electron chi connectivity index (χ2n) is 5.32. The van der Waals surface area contributed by atoms with Crippen LogP contribution in [0, 0.1) is 23.0 Å². The number of piperidine rings is 1. The first kappa shape index (κ1) is 13.8. The van der Waals surface area contributed by atoms with Gasteiger partial charge in [-0.05, 0) is 57.3 Å². The lowest BCUT2D eigenvalue weighted by molar-refractivity contribution is -0.384. The quantitative estimate of drug-likeness (QED) is 0.647. The lowest BCUT2D eigenvalue weighted by Crippen LogP contribution is -2.38. The predicted molar refractivity (Wildman–Crippen MR) is 76.5 cm³/mol. The zero-order valence-corrected chi connectivity index (χ0v) is 11.5. The summed E-state index contributed by atoms with van der Waals surface area (Å²) in [6.07, 6.45) is 2.34.